The van der Waals surface area contributed by atoms with Crippen LogP contribution in [0.4, 0.5) is 11.4 Å². The summed E-state index contributed by atoms with van der Waals surface area (Å²) >= 11 is 11.9. The van der Waals surface area contributed by atoms with Gasteiger partial charge < -0.3 is 15.4 Å². The Balaban J connectivity index is 1.88. The molecular formula is C16H12Cl2N2O3. The molecule has 2 aromatic carbocycles. The number of ether oxygens (including phenoxy) is 1. The van der Waals surface area contributed by atoms with Crippen LogP contribution in [-0.4, -0.2) is 17.4 Å². The molecule has 3 rings (SSSR count). The molecule has 1 heterocycles. The number of hydrogen-bond donors (Lipinski definition) is 2. The number of para-hydroxylation sites is 2. The lowest BCUT2D eigenvalue weighted by Crippen LogP contribution is -2.56. The molecule has 5 nitrogen and oxygen atoms in total. The van der Waals surface area contributed by atoms with Crippen LogP contribution < -0.4 is 15.4 Å². The number of nitrogens with one attached hydrogen (secondary N) is 2. The lowest BCUT2D eigenvalue weighted by molar-refractivity contribution is -0.143. The van der Waals surface area contributed by atoms with Crippen molar-refractivity contribution in [2.75, 3.05) is 10.6 Å². The fourth-order valence-corrected chi connectivity index (χ4v) is 2.60. The third-order valence-corrected chi connectivity index (χ3v) is 4.04. The third kappa shape index (κ3) is 2.85. The Morgan fingerprint density at radius 1 is 1.22 bits per heavy atom. The highest BCUT2D eigenvalue weighted by molar-refractivity contribution is 6.37. The SMILES string of the molecule is CC1(C(=O)Nc2ccc(Cl)cc2Cl)Oc2ccccc2NC1=O. The first-order chi connectivity index (χ1) is 10.9. The Bertz CT molecular complexity index is 810. The van der Waals surface area contributed by atoms with Crippen molar-refractivity contribution in [2.24, 2.45) is 0 Å². The van der Waals surface area contributed by atoms with Crippen LogP contribution in [0.1, 0.15) is 6.92 Å². The van der Waals surface area contributed by atoms with E-state index < -0.39 is 17.4 Å². The van der Waals surface area contributed by atoms with Crippen LogP contribution in [0.15, 0.2) is 42.5 Å². The fraction of sp³-hybridized carbons (Fsp3) is 0.125. The second-order valence-electron chi connectivity index (χ2n) is 5.16. The number of anilines is 2. The Hall–Kier alpha value is -2.24. The average Bonchev–Trinajstić information content (AvgIpc) is 2.51. The van der Waals surface area contributed by atoms with Gasteiger partial charge in [-0.25, -0.2) is 0 Å². The number of rotatable bonds is 2. The molecule has 0 aromatic heterocycles. The average molecular weight is 351 g/mol. The van der Waals surface area contributed by atoms with Crippen LogP contribution in [0, 0.1) is 0 Å². The van der Waals surface area contributed by atoms with Gasteiger partial charge in [0, 0.05) is 5.02 Å². The van der Waals surface area contributed by atoms with E-state index in [9.17, 15) is 9.59 Å². The van der Waals surface area contributed by atoms with E-state index in [4.69, 9.17) is 27.9 Å². The first-order valence-corrected chi connectivity index (χ1v) is 7.52. The molecule has 23 heavy (non-hydrogen) atoms. The zero-order valence-electron chi connectivity index (χ0n) is 12.0. The molecule has 7 heteroatoms. The van der Waals surface area contributed by atoms with Crippen LogP contribution >= 0.6 is 23.2 Å². The molecule has 118 valence electrons. The van der Waals surface area contributed by atoms with Crippen LogP contribution in [0.2, 0.25) is 10.0 Å². The minimum atomic E-state index is -1.71. The second-order valence-corrected chi connectivity index (χ2v) is 6.01. The van der Waals surface area contributed by atoms with E-state index in [0.717, 1.165) is 0 Å². The summed E-state index contributed by atoms with van der Waals surface area (Å²) in [6.45, 7) is 1.40. The van der Waals surface area contributed by atoms with E-state index in [1.54, 1.807) is 36.4 Å². The standard InChI is InChI=1S/C16H12Cl2N2O3/c1-16(14(21)19-11-7-6-9(17)8-10(11)18)15(22)20-12-4-2-3-5-13(12)23-16/h2-8H,1H3,(H,19,21)(H,20,22). The van der Waals surface area contributed by atoms with Gasteiger partial charge in [-0.2, -0.15) is 0 Å². The number of amides is 2. The molecule has 0 bridgehead atoms. The van der Waals surface area contributed by atoms with Crippen LogP contribution in [0.25, 0.3) is 0 Å². The van der Waals surface area contributed by atoms with Crippen molar-refractivity contribution in [1.82, 2.24) is 0 Å². The predicted molar refractivity (Wildman–Crippen MR) is 89.2 cm³/mol. The van der Waals surface area contributed by atoms with E-state index in [0.29, 0.717) is 22.1 Å². The molecule has 0 fully saturated rings. The van der Waals surface area contributed by atoms with E-state index in [1.165, 1.54) is 13.0 Å². The zero-order valence-corrected chi connectivity index (χ0v) is 13.5. The first kappa shape index (κ1) is 15.6. The Kier molecular flexibility index (Phi) is 3.92. The molecular weight excluding hydrogens is 339 g/mol. The van der Waals surface area contributed by atoms with Gasteiger partial charge in [0.1, 0.15) is 5.75 Å². The van der Waals surface area contributed by atoms with Crippen molar-refractivity contribution in [3.8, 4) is 5.75 Å². The highest BCUT2D eigenvalue weighted by atomic mass is 35.5. The van der Waals surface area contributed by atoms with Gasteiger partial charge in [-0.15, -0.1) is 0 Å². The molecule has 1 aliphatic heterocycles. The molecule has 1 atom stereocenters. The Labute approximate surface area is 142 Å². The molecule has 0 aliphatic carbocycles. The monoisotopic (exact) mass is 350 g/mol. The van der Waals surface area contributed by atoms with Crippen molar-refractivity contribution in [1.29, 1.82) is 0 Å². The normalized spacial score (nSPS) is 19.3. The lowest BCUT2D eigenvalue weighted by atomic mass is 10.0. The highest BCUT2D eigenvalue weighted by Crippen LogP contribution is 2.34. The zero-order chi connectivity index (χ0) is 16.6. The Morgan fingerprint density at radius 3 is 2.70 bits per heavy atom. The summed E-state index contributed by atoms with van der Waals surface area (Å²) in [6.07, 6.45) is 0. The van der Waals surface area contributed by atoms with Crippen molar-refractivity contribution in [3.63, 3.8) is 0 Å². The van der Waals surface area contributed by atoms with Gasteiger partial charge in [0.15, 0.2) is 0 Å². The summed E-state index contributed by atoms with van der Waals surface area (Å²) in [6, 6.07) is 11.5. The van der Waals surface area contributed by atoms with Gasteiger partial charge in [-0.05, 0) is 37.3 Å². The minimum absolute atomic E-state index is 0.270. The molecule has 1 aliphatic rings. The number of carbonyl (C=O) groups excluding carboxylic acids is 2. The molecule has 0 radical (unpaired) electrons. The number of hydrogen-bond acceptors (Lipinski definition) is 3. The largest absolute Gasteiger partial charge is 0.466 e. The molecule has 0 saturated carbocycles. The van der Waals surface area contributed by atoms with Crippen molar-refractivity contribution < 1.29 is 14.3 Å². The molecule has 2 amide bonds. The minimum Gasteiger partial charge on any atom is -0.466 e. The Morgan fingerprint density at radius 2 is 1.96 bits per heavy atom. The van der Waals surface area contributed by atoms with Crippen LogP contribution in [-0.2, 0) is 9.59 Å². The van der Waals surface area contributed by atoms with Crippen LogP contribution in [0.5, 0.6) is 5.75 Å². The smallest absolute Gasteiger partial charge is 0.278 e. The lowest BCUT2D eigenvalue weighted by Gasteiger charge is -2.33. The van der Waals surface area contributed by atoms with E-state index in [1.807, 2.05) is 0 Å². The number of fused-ring (bicyclic) bond motifs is 1. The van der Waals surface area contributed by atoms with Gasteiger partial charge in [0.25, 0.3) is 17.4 Å². The molecule has 1 unspecified atom stereocenters. The molecule has 2 N–H and O–H groups in total. The second kappa shape index (κ2) is 5.76. The fourth-order valence-electron chi connectivity index (χ4n) is 2.15. The van der Waals surface area contributed by atoms with Crippen LogP contribution in [0.3, 0.4) is 0 Å². The summed E-state index contributed by atoms with van der Waals surface area (Å²) in [5.41, 5.74) is -0.845. The van der Waals surface area contributed by atoms with Crippen molar-refractivity contribution in [2.45, 2.75) is 12.5 Å². The summed E-state index contributed by atoms with van der Waals surface area (Å²) in [7, 11) is 0. The topological polar surface area (TPSA) is 67.4 Å². The first-order valence-electron chi connectivity index (χ1n) is 6.76. The third-order valence-electron chi connectivity index (χ3n) is 3.50. The van der Waals surface area contributed by atoms with Gasteiger partial charge in [-0.3, -0.25) is 9.59 Å². The van der Waals surface area contributed by atoms with Gasteiger partial charge in [0.05, 0.1) is 16.4 Å². The van der Waals surface area contributed by atoms with Gasteiger partial charge >= 0.3 is 0 Å². The quantitative estimate of drug-likeness (QED) is 0.811. The molecule has 2 aromatic rings. The number of benzene rings is 2. The van der Waals surface area contributed by atoms with Gasteiger partial charge in [0.2, 0.25) is 0 Å². The van der Waals surface area contributed by atoms with E-state index >= 15 is 0 Å². The summed E-state index contributed by atoms with van der Waals surface area (Å²) < 4.78 is 5.64. The molecule has 0 saturated heterocycles. The summed E-state index contributed by atoms with van der Waals surface area (Å²) in [5.74, 6) is -0.764. The molecule has 0 spiro atoms. The maximum absolute atomic E-state index is 12.6. The summed E-state index contributed by atoms with van der Waals surface area (Å²) in [4.78, 5) is 24.9. The van der Waals surface area contributed by atoms with E-state index in [2.05, 4.69) is 10.6 Å². The summed E-state index contributed by atoms with van der Waals surface area (Å²) in [5, 5.41) is 5.97. The van der Waals surface area contributed by atoms with Crippen molar-refractivity contribution >= 4 is 46.4 Å². The highest BCUT2D eigenvalue weighted by Gasteiger charge is 2.47. The van der Waals surface area contributed by atoms with E-state index in [-0.39, 0.29) is 5.02 Å². The van der Waals surface area contributed by atoms with Gasteiger partial charge in [-0.1, -0.05) is 35.3 Å². The number of halogens is 2. The predicted octanol–water partition coefficient (Wildman–Crippen LogP) is 3.72. The number of carbonyl (C=O) groups is 2. The maximum Gasteiger partial charge on any atom is 0.278 e. The maximum atomic E-state index is 12.6. The van der Waals surface area contributed by atoms with Crippen molar-refractivity contribution in [3.05, 3.63) is 52.5 Å².